The normalized spacial score (nSPS) is 20.2. The van der Waals surface area contributed by atoms with E-state index in [0.717, 1.165) is 27.4 Å². The minimum absolute atomic E-state index is 0.0340. The van der Waals surface area contributed by atoms with Crippen molar-refractivity contribution in [2.24, 2.45) is 5.10 Å². The first kappa shape index (κ1) is 17.3. The van der Waals surface area contributed by atoms with E-state index in [4.69, 9.17) is 11.6 Å². The van der Waals surface area contributed by atoms with Gasteiger partial charge in [0.2, 0.25) is 4.87 Å². The third-order valence-corrected chi connectivity index (χ3v) is 6.67. The quantitative estimate of drug-likeness (QED) is 0.684. The van der Waals surface area contributed by atoms with Gasteiger partial charge in [0.05, 0.1) is 12.2 Å². The van der Waals surface area contributed by atoms with Crippen LogP contribution in [-0.2, 0) is 16.2 Å². The van der Waals surface area contributed by atoms with Gasteiger partial charge in [-0.2, -0.15) is 5.10 Å². The molecule has 0 radical (unpaired) electrons. The summed E-state index contributed by atoms with van der Waals surface area (Å²) in [7, 11) is 0. The number of carbonyl (C=O) groups is 1. The SMILES string of the molecule is O=C1N(Cc2ccccc2Cl)c2ccccc2[C@@]12NN=C(c1ccccc1)S2. The molecule has 1 atom stereocenters. The number of hydrogen-bond donors (Lipinski definition) is 1. The zero-order chi connectivity index (χ0) is 19.1. The second-order valence-electron chi connectivity index (χ2n) is 6.68. The van der Waals surface area contributed by atoms with Gasteiger partial charge in [-0.25, -0.2) is 0 Å². The Labute approximate surface area is 172 Å². The van der Waals surface area contributed by atoms with E-state index in [0.29, 0.717) is 11.6 Å². The van der Waals surface area contributed by atoms with Crippen molar-refractivity contribution in [3.63, 3.8) is 0 Å². The van der Waals surface area contributed by atoms with Crippen LogP contribution in [0.4, 0.5) is 5.69 Å². The van der Waals surface area contributed by atoms with Crippen molar-refractivity contribution in [3.8, 4) is 0 Å². The summed E-state index contributed by atoms with van der Waals surface area (Å²) >= 11 is 7.81. The number of anilines is 1. The van der Waals surface area contributed by atoms with Crippen molar-refractivity contribution in [1.29, 1.82) is 0 Å². The average molecular weight is 406 g/mol. The lowest BCUT2D eigenvalue weighted by Crippen LogP contribution is -2.44. The second kappa shape index (κ2) is 6.69. The Bertz CT molecular complexity index is 1100. The molecular weight excluding hydrogens is 390 g/mol. The van der Waals surface area contributed by atoms with Gasteiger partial charge in [0.1, 0.15) is 5.04 Å². The van der Waals surface area contributed by atoms with Crippen LogP contribution < -0.4 is 10.3 Å². The molecule has 1 amide bonds. The van der Waals surface area contributed by atoms with Gasteiger partial charge >= 0.3 is 0 Å². The molecule has 28 heavy (non-hydrogen) atoms. The molecule has 138 valence electrons. The summed E-state index contributed by atoms with van der Waals surface area (Å²) < 4.78 is 0. The monoisotopic (exact) mass is 405 g/mol. The summed E-state index contributed by atoms with van der Waals surface area (Å²) in [5.41, 5.74) is 6.86. The van der Waals surface area contributed by atoms with Gasteiger partial charge in [0.25, 0.3) is 5.91 Å². The number of amides is 1. The summed E-state index contributed by atoms with van der Waals surface area (Å²) in [5.74, 6) is -0.0340. The molecule has 3 aromatic rings. The molecule has 0 unspecified atom stereocenters. The number of rotatable bonds is 3. The van der Waals surface area contributed by atoms with E-state index in [2.05, 4.69) is 10.5 Å². The van der Waals surface area contributed by atoms with Crippen LogP contribution in [0.3, 0.4) is 0 Å². The van der Waals surface area contributed by atoms with Crippen LogP contribution in [-0.4, -0.2) is 11.0 Å². The second-order valence-corrected chi connectivity index (χ2v) is 8.29. The maximum Gasteiger partial charge on any atom is 0.270 e. The number of para-hydroxylation sites is 1. The summed E-state index contributed by atoms with van der Waals surface area (Å²) in [4.78, 5) is 14.5. The number of nitrogens with one attached hydrogen (secondary N) is 1. The molecular formula is C22H16ClN3OS. The van der Waals surface area contributed by atoms with E-state index >= 15 is 0 Å². The Morgan fingerprint density at radius 2 is 1.68 bits per heavy atom. The molecule has 2 aliphatic heterocycles. The van der Waals surface area contributed by atoms with Crippen molar-refractivity contribution in [2.75, 3.05) is 4.90 Å². The molecule has 0 bridgehead atoms. The maximum absolute atomic E-state index is 13.6. The zero-order valence-electron chi connectivity index (χ0n) is 14.8. The van der Waals surface area contributed by atoms with Gasteiger partial charge in [-0.05, 0) is 17.7 Å². The highest BCUT2D eigenvalue weighted by molar-refractivity contribution is 8.16. The van der Waals surface area contributed by atoms with Crippen molar-refractivity contribution in [1.82, 2.24) is 5.43 Å². The molecule has 2 aliphatic rings. The fraction of sp³-hybridized carbons (Fsp3) is 0.0909. The van der Waals surface area contributed by atoms with Gasteiger partial charge in [-0.1, -0.05) is 90.1 Å². The molecule has 3 aromatic carbocycles. The van der Waals surface area contributed by atoms with Crippen molar-refractivity contribution in [2.45, 2.75) is 11.4 Å². The number of nitrogens with zero attached hydrogens (tertiary/aromatic N) is 2. The van der Waals surface area contributed by atoms with Gasteiger partial charge < -0.3 is 4.90 Å². The molecule has 0 aliphatic carbocycles. The molecule has 6 heteroatoms. The van der Waals surface area contributed by atoms with E-state index in [-0.39, 0.29) is 5.91 Å². The third kappa shape index (κ3) is 2.62. The van der Waals surface area contributed by atoms with E-state index < -0.39 is 4.87 Å². The Morgan fingerprint density at radius 3 is 2.50 bits per heavy atom. The molecule has 0 saturated carbocycles. The van der Waals surface area contributed by atoms with Crippen LogP contribution in [0.2, 0.25) is 5.02 Å². The molecule has 2 heterocycles. The fourth-order valence-corrected chi connectivity index (χ4v) is 5.01. The van der Waals surface area contributed by atoms with Crippen LogP contribution >= 0.6 is 23.4 Å². The Hall–Kier alpha value is -2.76. The van der Waals surface area contributed by atoms with Crippen molar-refractivity contribution in [3.05, 3.63) is 101 Å². The lowest BCUT2D eigenvalue weighted by molar-refractivity contribution is -0.121. The van der Waals surface area contributed by atoms with Gasteiger partial charge in [-0.3, -0.25) is 10.2 Å². The van der Waals surface area contributed by atoms with Crippen LogP contribution in [0.15, 0.2) is 84.0 Å². The number of fused-ring (bicyclic) bond motifs is 2. The lowest BCUT2D eigenvalue weighted by atomic mass is 10.1. The summed E-state index contributed by atoms with van der Waals surface area (Å²) in [6.07, 6.45) is 0. The largest absolute Gasteiger partial charge is 0.304 e. The smallest absolute Gasteiger partial charge is 0.270 e. The Morgan fingerprint density at radius 1 is 0.964 bits per heavy atom. The Balaban J connectivity index is 1.53. The van der Waals surface area contributed by atoms with Crippen molar-refractivity contribution < 1.29 is 4.79 Å². The molecule has 1 spiro atoms. The molecule has 1 N–H and O–H groups in total. The number of hydrazone groups is 1. The zero-order valence-corrected chi connectivity index (χ0v) is 16.4. The fourth-order valence-electron chi connectivity index (χ4n) is 3.61. The summed E-state index contributed by atoms with van der Waals surface area (Å²) in [6, 6.07) is 25.4. The maximum atomic E-state index is 13.6. The summed E-state index contributed by atoms with van der Waals surface area (Å²) in [6.45, 7) is 0.417. The highest BCUT2D eigenvalue weighted by Crippen LogP contribution is 2.51. The summed E-state index contributed by atoms with van der Waals surface area (Å²) in [5, 5.41) is 5.97. The Kier molecular flexibility index (Phi) is 4.14. The minimum Gasteiger partial charge on any atom is -0.304 e. The lowest BCUT2D eigenvalue weighted by Gasteiger charge is -2.23. The van der Waals surface area contributed by atoms with Crippen LogP contribution in [0.5, 0.6) is 0 Å². The first-order chi connectivity index (χ1) is 13.7. The number of benzene rings is 3. The highest BCUT2D eigenvalue weighted by Gasteiger charge is 2.55. The van der Waals surface area contributed by atoms with E-state index in [9.17, 15) is 4.79 Å². The van der Waals surface area contributed by atoms with Gasteiger partial charge in [0, 0.05) is 16.1 Å². The third-order valence-electron chi connectivity index (χ3n) is 4.99. The molecule has 5 rings (SSSR count). The van der Waals surface area contributed by atoms with E-state index in [1.807, 2.05) is 78.9 Å². The topological polar surface area (TPSA) is 44.7 Å². The first-order valence-corrected chi connectivity index (χ1v) is 10.1. The predicted octanol–water partition coefficient (Wildman–Crippen LogP) is 4.74. The van der Waals surface area contributed by atoms with Crippen molar-refractivity contribution >= 4 is 40.0 Å². The first-order valence-electron chi connectivity index (χ1n) is 8.93. The number of hydrogen-bond acceptors (Lipinski definition) is 4. The number of carbonyl (C=O) groups excluding carboxylic acids is 1. The van der Waals surface area contributed by atoms with Gasteiger partial charge in [0.15, 0.2) is 0 Å². The van der Waals surface area contributed by atoms with Crippen LogP contribution in [0.1, 0.15) is 16.7 Å². The predicted molar refractivity (Wildman–Crippen MR) is 114 cm³/mol. The van der Waals surface area contributed by atoms with Crippen LogP contribution in [0.25, 0.3) is 0 Å². The highest BCUT2D eigenvalue weighted by atomic mass is 35.5. The average Bonchev–Trinajstić information content (AvgIpc) is 3.28. The number of thioether (sulfide) groups is 1. The molecule has 0 fully saturated rings. The molecule has 0 saturated heterocycles. The molecule has 4 nitrogen and oxygen atoms in total. The number of halogens is 1. The minimum atomic E-state index is -0.941. The molecule has 0 aromatic heterocycles. The van der Waals surface area contributed by atoms with E-state index in [1.54, 1.807) is 4.90 Å². The van der Waals surface area contributed by atoms with Gasteiger partial charge in [-0.15, -0.1) is 0 Å². The van der Waals surface area contributed by atoms with E-state index in [1.165, 1.54) is 11.8 Å². The standard InChI is InChI=1S/C22H16ClN3OS/c23-18-12-6-4-10-16(18)14-26-19-13-7-5-11-17(19)22(21(26)27)25-24-20(28-22)15-8-2-1-3-9-15/h1-13,25H,14H2/t22-/m0/s1. The van der Waals surface area contributed by atoms with Crippen LogP contribution in [0, 0.1) is 0 Å².